The molecule has 2 aromatic rings. The smallest absolute Gasteiger partial charge is 0.319 e. The van der Waals surface area contributed by atoms with E-state index in [1.54, 1.807) is 24.5 Å². The maximum Gasteiger partial charge on any atom is 0.319 e. The van der Waals surface area contributed by atoms with Gasteiger partial charge in [0.05, 0.1) is 18.5 Å². The Balaban J connectivity index is 1.90. The summed E-state index contributed by atoms with van der Waals surface area (Å²) in [6.45, 7) is 0.324. The minimum atomic E-state index is -0.305. The molecule has 0 spiro atoms. The lowest BCUT2D eigenvalue weighted by atomic mass is 10.1. The normalized spacial score (nSPS) is 9.95. The van der Waals surface area contributed by atoms with E-state index in [1.807, 2.05) is 24.3 Å². The highest BCUT2D eigenvalue weighted by molar-refractivity contribution is 5.88. The molecular weight excluding hydrogens is 242 g/mol. The summed E-state index contributed by atoms with van der Waals surface area (Å²) in [5, 5.41) is 14.6. The Kier molecular flexibility index (Phi) is 4.47. The molecule has 0 aliphatic heterocycles. The lowest BCUT2D eigenvalue weighted by molar-refractivity contribution is 0.251. The molecule has 5 nitrogen and oxygen atoms in total. The number of urea groups is 1. The monoisotopic (exact) mass is 257 g/mol. The van der Waals surface area contributed by atoms with Gasteiger partial charge in [0, 0.05) is 12.7 Å². The first-order chi connectivity index (χ1) is 9.29. The standard InChI is InChI=1S/C14H15N3O2/c18-10-12-5-2-1-4-11(12)8-16-14(19)17-13-6-3-7-15-9-13/h1-7,9,18H,8,10H2,(H2,16,17,19). The number of carbonyl (C=O) groups excluding carboxylic acids is 1. The Bertz CT molecular complexity index is 543. The van der Waals surface area contributed by atoms with Crippen LogP contribution in [0.3, 0.4) is 0 Å². The molecule has 19 heavy (non-hydrogen) atoms. The van der Waals surface area contributed by atoms with E-state index < -0.39 is 0 Å². The molecule has 98 valence electrons. The lowest BCUT2D eigenvalue weighted by Gasteiger charge is -2.09. The van der Waals surface area contributed by atoms with Crippen LogP contribution in [0.5, 0.6) is 0 Å². The van der Waals surface area contributed by atoms with E-state index in [4.69, 9.17) is 0 Å². The number of nitrogens with zero attached hydrogens (tertiary/aromatic N) is 1. The van der Waals surface area contributed by atoms with E-state index >= 15 is 0 Å². The lowest BCUT2D eigenvalue weighted by Crippen LogP contribution is -2.28. The maximum absolute atomic E-state index is 11.7. The Hall–Kier alpha value is -2.40. The molecule has 0 bridgehead atoms. The van der Waals surface area contributed by atoms with Crippen LogP contribution in [0.2, 0.25) is 0 Å². The van der Waals surface area contributed by atoms with Crippen LogP contribution < -0.4 is 10.6 Å². The number of pyridine rings is 1. The fourth-order valence-corrected chi connectivity index (χ4v) is 1.67. The topological polar surface area (TPSA) is 74.2 Å². The minimum Gasteiger partial charge on any atom is -0.392 e. The molecule has 5 heteroatoms. The number of anilines is 1. The minimum absolute atomic E-state index is 0.0396. The largest absolute Gasteiger partial charge is 0.392 e. The zero-order valence-corrected chi connectivity index (χ0v) is 10.3. The average Bonchev–Trinajstić information content (AvgIpc) is 2.46. The van der Waals surface area contributed by atoms with Crippen LogP contribution in [0, 0.1) is 0 Å². The van der Waals surface area contributed by atoms with Gasteiger partial charge in [-0.15, -0.1) is 0 Å². The van der Waals surface area contributed by atoms with Crippen molar-refractivity contribution in [3.8, 4) is 0 Å². The Morgan fingerprint density at radius 1 is 1.16 bits per heavy atom. The third kappa shape index (κ3) is 3.79. The molecule has 0 saturated heterocycles. The number of aromatic nitrogens is 1. The molecule has 0 fully saturated rings. The van der Waals surface area contributed by atoms with Gasteiger partial charge >= 0.3 is 6.03 Å². The van der Waals surface area contributed by atoms with Crippen LogP contribution in [-0.2, 0) is 13.2 Å². The number of carbonyl (C=O) groups is 1. The van der Waals surface area contributed by atoms with E-state index in [0.29, 0.717) is 12.2 Å². The van der Waals surface area contributed by atoms with Gasteiger partial charge in [0.25, 0.3) is 0 Å². The van der Waals surface area contributed by atoms with Crippen LogP contribution in [0.4, 0.5) is 10.5 Å². The van der Waals surface area contributed by atoms with Crippen molar-refractivity contribution in [1.82, 2.24) is 10.3 Å². The summed E-state index contributed by atoms with van der Waals surface area (Å²) in [4.78, 5) is 15.6. The first kappa shape index (κ1) is 13.0. The predicted molar refractivity (Wildman–Crippen MR) is 72.5 cm³/mol. The van der Waals surface area contributed by atoms with Crippen molar-refractivity contribution in [1.29, 1.82) is 0 Å². The first-order valence-corrected chi connectivity index (χ1v) is 5.92. The van der Waals surface area contributed by atoms with E-state index in [2.05, 4.69) is 15.6 Å². The third-order valence-corrected chi connectivity index (χ3v) is 2.65. The number of rotatable bonds is 4. The van der Waals surface area contributed by atoms with E-state index in [-0.39, 0.29) is 12.6 Å². The summed E-state index contributed by atoms with van der Waals surface area (Å²) in [7, 11) is 0. The fraction of sp³-hybridized carbons (Fsp3) is 0.143. The molecule has 1 aromatic heterocycles. The van der Waals surface area contributed by atoms with Gasteiger partial charge in [0.15, 0.2) is 0 Å². The predicted octanol–water partition coefficient (Wildman–Crippen LogP) is 1.90. The molecule has 0 unspecified atom stereocenters. The Labute approximate surface area is 111 Å². The van der Waals surface area contributed by atoms with Gasteiger partial charge in [-0.1, -0.05) is 24.3 Å². The van der Waals surface area contributed by atoms with Crippen LogP contribution in [0.15, 0.2) is 48.8 Å². The fourth-order valence-electron chi connectivity index (χ4n) is 1.67. The van der Waals surface area contributed by atoms with E-state index in [1.165, 1.54) is 0 Å². The number of aliphatic hydroxyl groups is 1. The molecule has 0 aliphatic rings. The summed E-state index contributed by atoms with van der Waals surface area (Å²) >= 11 is 0. The molecule has 1 heterocycles. The van der Waals surface area contributed by atoms with Gasteiger partial charge in [-0.3, -0.25) is 4.98 Å². The van der Waals surface area contributed by atoms with E-state index in [0.717, 1.165) is 11.1 Å². The van der Waals surface area contributed by atoms with Crippen LogP contribution in [0.1, 0.15) is 11.1 Å². The number of amides is 2. The summed E-state index contributed by atoms with van der Waals surface area (Å²) in [5.41, 5.74) is 2.34. The highest BCUT2D eigenvalue weighted by Crippen LogP contribution is 2.08. The number of aliphatic hydroxyl groups excluding tert-OH is 1. The molecule has 0 aliphatic carbocycles. The van der Waals surface area contributed by atoms with Crippen molar-refractivity contribution in [3.63, 3.8) is 0 Å². The summed E-state index contributed by atoms with van der Waals surface area (Å²) in [6.07, 6.45) is 3.21. The quantitative estimate of drug-likeness (QED) is 0.783. The van der Waals surface area contributed by atoms with Gasteiger partial charge in [-0.25, -0.2) is 4.79 Å². The molecular formula is C14H15N3O2. The van der Waals surface area contributed by atoms with Gasteiger partial charge in [-0.05, 0) is 23.3 Å². The Morgan fingerprint density at radius 2 is 1.95 bits per heavy atom. The molecule has 0 atom stereocenters. The molecule has 0 saturated carbocycles. The second-order valence-electron chi connectivity index (χ2n) is 3.98. The van der Waals surface area contributed by atoms with Crippen LogP contribution in [0.25, 0.3) is 0 Å². The van der Waals surface area contributed by atoms with Gasteiger partial charge < -0.3 is 15.7 Å². The zero-order chi connectivity index (χ0) is 13.5. The van der Waals surface area contributed by atoms with Gasteiger partial charge in [0.1, 0.15) is 0 Å². The third-order valence-electron chi connectivity index (χ3n) is 2.65. The Morgan fingerprint density at radius 3 is 2.63 bits per heavy atom. The number of benzene rings is 1. The summed E-state index contributed by atoms with van der Waals surface area (Å²) in [6, 6.07) is 10.6. The van der Waals surface area contributed by atoms with Crippen LogP contribution >= 0.6 is 0 Å². The SMILES string of the molecule is O=C(NCc1ccccc1CO)Nc1cccnc1. The summed E-state index contributed by atoms with van der Waals surface area (Å²) in [5.74, 6) is 0. The first-order valence-electron chi connectivity index (χ1n) is 5.92. The van der Waals surface area contributed by atoms with Gasteiger partial charge in [-0.2, -0.15) is 0 Å². The van der Waals surface area contributed by atoms with Crippen molar-refractivity contribution in [2.45, 2.75) is 13.2 Å². The van der Waals surface area contributed by atoms with Crippen LogP contribution in [-0.4, -0.2) is 16.1 Å². The van der Waals surface area contributed by atoms with Crippen molar-refractivity contribution < 1.29 is 9.90 Å². The van der Waals surface area contributed by atoms with E-state index in [9.17, 15) is 9.90 Å². The molecule has 1 aromatic carbocycles. The molecule has 2 rings (SSSR count). The van der Waals surface area contributed by atoms with Crippen molar-refractivity contribution in [2.75, 3.05) is 5.32 Å². The van der Waals surface area contributed by atoms with Crippen molar-refractivity contribution in [3.05, 3.63) is 59.9 Å². The second kappa shape index (κ2) is 6.51. The average molecular weight is 257 g/mol. The highest BCUT2D eigenvalue weighted by atomic mass is 16.3. The van der Waals surface area contributed by atoms with Gasteiger partial charge in [0.2, 0.25) is 0 Å². The number of hydrogen-bond acceptors (Lipinski definition) is 3. The molecule has 2 amide bonds. The highest BCUT2D eigenvalue weighted by Gasteiger charge is 2.04. The summed E-state index contributed by atoms with van der Waals surface area (Å²) < 4.78 is 0. The number of nitrogens with one attached hydrogen (secondary N) is 2. The number of hydrogen-bond donors (Lipinski definition) is 3. The van der Waals surface area contributed by atoms with Crippen molar-refractivity contribution >= 4 is 11.7 Å². The second-order valence-corrected chi connectivity index (χ2v) is 3.98. The molecule has 3 N–H and O–H groups in total. The van der Waals surface area contributed by atoms with Crippen molar-refractivity contribution in [2.24, 2.45) is 0 Å². The molecule has 0 radical (unpaired) electrons. The zero-order valence-electron chi connectivity index (χ0n) is 10.3. The maximum atomic E-state index is 11.7.